The van der Waals surface area contributed by atoms with Gasteiger partial charge in [0.2, 0.25) is 0 Å². The molecular formula is C16H21FN2O2. The molecule has 0 aliphatic rings. The Morgan fingerprint density at radius 2 is 2.19 bits per heavy atom. The molecule has 0 unspecified atom stereocenters. The third kappa shape index (κ3) is 3.61. The van der Waals surface area contributed by atoms with Gasteiger partial charge in [-0.1, -0.05) is 19.9 Å². The van der Waals surface area contributed by atoms with Crippen molar-refractivity contribution in [2.45, 2.75) is 13.8 Å². The number of carbonyl (C=O) groups excluding carboxylic acids is 1. The van der Waals surface area contributed by atoms with E-state index in [2.05, 4.69) is 18.8 Å². The topological polar surface area (TPSA) is 45.3 Å². The number of nitrogens with one attached hydrogen (secondary N) is 1. The molecule has 4 nitrogen and oxygen atoms in total. The Morgan fingerprint density at radius 1 is 1.43 bits per heavy atom. The van der Waals surface area contributed by atoms with Crippen LogP contribution >= 0.6 is 0 Å². The Labute approximate surface area is 123 Å². The number of aromatic nitrogens is 1. The van der Waals surface area contributed by atoms with Crippen molar-refractivity contribution in [2.75, 3.05) is 26.8 Å². The molecule has 1 amide bonds. The lowest BCUT2D eigenvalue weighted by atomic mass is 10.2. The minimum absolute atomic E-state index is 0.128. The molecule has 21 heavy (non-hydrogen) atoms. The first kappa shape index (κ1) is 15.5. The van der Waals surface area contributed by atoms with Crippen LogP contribution < -0.4 is 0 Å². The second-order valence-electron chi connectivity index (χ2n) is 5.52. The number of methoxy groups -OCH3 is 1. The van der Waals surface area contributed by atoms with Crippen molar-refractivity contribution in [2.24, 2.45) is 5.92 Å². The molecule has 0 spiro atoms. The van der Waals surface area contributed by atoms with Crippen molar-refractivity contribution >= 4 is 16.8 Å². The lowest BCUT2D eigenvalue weighted by Gasteiger charge is -2.23. The van der Waals surface area contributed by atoms with Crippen LogP contribution in [0.5, 0.6) is 0 Å². The largest absolute Gasteiger partial charge is 0.383 e. The summed E-state index contributed by atoms with van der Waals surface area (Å²) in [4.78, 5) is 17.3. The van der Waals surface area contributed by atoms with E-state index in [1.54, 1.807) is 30.2 Å². The van der Waals surface area contributed by atoms with Crippen LogP contribution in [0.3, 0.4) is 0 Å². The van der Waals surface area contributed by atoms with Crippen LogP contribution in [0, 0.1) is 11.7 Å². The zero-order valence-electron chi connectivity index (χ0n) is 12.6. The summed E-state index contributed by atoms with van der Waals surface area (Å²) in [5, 5.41) is 0.442. The van der Waals surface area contributed by atoms with Crippen LogP contribution in [0.1, 0.15) is 24.3 Å². The van der Waals surface area contributed by atoms with E-state index in [1.807, 2.05) is 0 Å². The number of halogens is 1. The van der Waals surface area contributed by atoms with Gasteiger partial charge < -0.3 is 14.6 Å². The number of amides is 1. The van der Waals surface area contributed by atoms with E-state index in [1.165, 1.54) is 6.07 Å². The summed E-state index contributed by atoms with van der Waals surface area (Å²) >= 11 is 0. The normalized spacial score (nSPS) is 11.3. The van der Waals surface area contributed by atoms with E-state index >= 15 is 0 Å². The number of hydrogen-bond acceptors (Lipinski definition) is 2. The van der Waals surface area contributed by atoms with Gasteiger partial charge in [-0.25, -0.2) is 4.39 Å². The quantitative estimate of drug-likeness (QED) is 0.889. The van der Waals surface area contributed by atoms with Crippen LogP contribution in [-0.2, 0) is 4.74 Å². The molecule has 1 heterocycles. The van der Waals surface area contributed by atoms with E-state index in [-0.39, 0.29) is 11.7 Å². The van der Waals surface area contributed by atoms with Crippen molar-refractivity contribution < 1.29 is 13.9 Å². The molecule has 1 aromatic heterocycles. The molecule has 1 N–H and O–H groups in total. The van der Waals surface area contributed by atoms with Gasteiger partial charge in [-0.05, 0) is 24.1 Å². The van der Waals surface area contributed by atoms with E-state index in [9.17, 15) is 9.18 Å². The molecule has 0 fully saturated rings. The minimum Gasteiger partial charge on any atom is -0.383 e. The second-order valence-corrected chi connectivity index (χ2v) is 5.52. The third-order valence-corrected chi connectivity index (χ3v) is 3.28. The summed E-state index contributed by atoms with van der Waals surface area (Å²) in [5.74, 6) is -0.0987. The van der Waals surface area contributed by atoms with E-state index < -0.39 is 0 Å². The first-order chi connectivity index (χ1) is 10.0. The Kier molecular flexibility index (Phi) is 4.96. The summed E-state index contributed by atoms with van der Waals surface area (Å²) in [5.41, 5.74) is 1.04. The fourth-order valence-corrected chi connectivity index (χ4v) is 2.32. The van der Waals surface area contributed by atoms with Gasteiger partial charge in [-0.2, -0.15) is 0 Å². The van der Waals surface area contributed by atoms with Crippen LogP contribution in [0.15, 0.2) is 24.3 Å². The maximum atomic E-state index is 13.7. The van der Waals surface area contributed by atoms with Crippen molar-refractivity contribution in [1.29, 1.82) is 0 Å². The number of carbonyl (C=O) groups is 1. The highest BCUT2D eigenvalue weighted by Gasteiger charge is 2.19. The van der Waals surface area contributed by atoms with Gasteiger partial charge in [-0.3, -0.25) is 4.79 Å². The van der Waals surface area contributed by atoms with Crippen molar-refractivity contribution in [3.8, 4) is 0 Å². The smallest absolute Gasteiger partial charge is 0.270 e. The second kappa shape index (κ2) is 6.72. The highest BCUT2D eigenvalue weighted by Crippen LogP contribution is 2.19. The maximum absolute atomic E-state index is 13.7. The Balaban J connectivity index is 2.27. The van der Waals surface area contributed by atoms with E-state index in [0.717, 1.165) is 0 Å². The minimum atomic E-state index is -0.324. The first-order valence-electron chi connectivity index (χ1n) is 7.08. The number of hydrogen-bond donors (Lipinski definition) is 1. The maximum Gasteiger partial charge on any atom is 0.270 e. The fourth-order valence-electron chi connectivity index (χ4n) is 2.32. The number of aromatic amines is 1. The van der Waals surface area contributed by atoms with Crippen LogP contribution in [0.4, 0.5) is 4.39 Å². The average molecular weight is 292 g/mol. The van der Waals surface area contributed by atoms with Gasteiger partial charge in [0, 0.05) is 31.1 Å². The standard InChI is InChI=1S/C16H21FN2O2/c1-11(2)10-19(7-8-21-3)16(20)15-9-12-13(17)5-4-6-14(12)18-15/h4-6,9,11,18H,7-8,10H2,1-3H3. The highest BCUT2D eigenvalue weighted by atomic mass is 19.1. The molecule has 0 bridgehead atoms. The van der Waals surface area contributed by atoms with Gasteiger partial charge in [-0.15, -0.1) is 0 Å². The number of ether oxygens (including phenoxy) is 1. The Morgan fingerprint density at radius 3 is 2.81 bits per heavy atom. The number of rotatable bonds is 6. The van der Waals surface area contributed by atoms with Crippen molar-refractivity contribution in [3.63, 3.8) is 0 Å². The summed E-state index contributed by atoms with van der Waals surface area (Å²) in [6.45, 7) is 5.74. The molecule has 5 heteroatoms. The first-order valence-corrected chi connectivity index (χ1v) is 7.08. The molecule has 1 aromatic carbocycles. The molecule has 0 radical (unpaired) electrons. The van der Waals surface area contributed by atoms with Gasteiger partial charge in [0.25, 0.3) is 5.91 Å². The van der Waals surface area contributed by atoms with Crippen LogP contribution in [0.25, 0.3) is 10.9 Å². The molecule has 0 aliphatic heterocycles. The molecule has 0 saturated carbocycles. The Bertz CT molecular complexity index is 622. The molecule has 0 saturated heterocycles. The van der Waals surface area contributed by atoms with Gasteiger partial charge >= 0.3 is 0 Å². The third-order valence-electron chi connectivity index (χ3n) is 3.28. The van der Waals surface area contributed by atoms with E-state index in [0.29, 0.717) is 42.2 Å². The monoisotopic (exact) mass is 292 g/mol. The molecule has 114 valence electrons. The lowest BCUT2D eigenvalue weighted by Crippen LogP contribution is -2.36. The molecular weight excluding hydrogens is 271 g/mol. The van der Waals surface area contributed by atoms with Crippen LogP contribution in [-0.4, -0.2) is 42.6 Å². The van der Waals surface area contributed by atoms with E-state index in [4.69, 9.17) is 4.74 Å². The lowest BCUT2D eigenvalue weighted by molar-refractivity contribution is 0.0667. The fraction of sp³-hybridized carbons (Fsp3) is 0.438. The number of fused-ring (bicyclic) bond motifs is 1. The summed E-state index contributed by atoms with van der Waals surface area (Å²) in [6, 6.07) is 6.35. The predicted octanol–water partition coefficient (Wildman–Crippen LogP) is 3.05. The average Bonchev–Trinajstić information content (AvgIpc) is 2.88. The summed E-state index contributed by atoms with van der Waals surface area (Å²) in [7, 11) is 1.61. The molecule has 2 aromatic rings. The SMILES string of the molecule is COCCN(CC(C)C)C(=O)c1cc2c(F)cccc2[nH]1. The molecule has 0 atom stereocenters. The predicted molar refractivity (Wildman–Crippen MR) is 80.9 cm³/mol. The van der Waals surface area contributed by atoms with Crippen molar-refractivity contribution in [3.05, 3.63) is 35.8 Å². The van der Waals surface area contributed by atoms with Gasteiger partial charge in [0.05, 0.1) is 6.61 Å². The van der Waals surface area contributed by atoms with Gasteiger partial charge in [0.1, 0.15) is 11.5 Å². The number of nitrogens with zero attached hydrogens (tertiary/aromatic N) is 1. The number of H-pyrrole nitrogens is 1. The summed E-state index contributed by atoms with van der Waals surface area (Å²) in [6.07, 6.45) is 0. The number of benzene rings is 1. The summed E-state index contributed by atoms with van der Waals surface area (Å²) < 4.78 is 18.8. The molecule has 0 aliphatic carbocycles. The van der Waals surface area contributed by atoms with Crippen molar-refractivity contribution in [1.82, 2.24) is 9.88 Å². The van der Waals surface area contributed by atoms with Gasteiger partial charge in [0.15, 0.2) is 0 Å². The Hall–Kier alpha value is -1.88. The zero-order chi connectivity index (χ0) is 15.4. The zero-order valence-corrected chi connectivity index (χ0v) is 12.6. The molecule has 2 rings (SSSR count). The highest BCUT2D eigenvalue weighted by molar-refractivity contribution is 5.98. The van der Waals surface area contributed by atoms with Crippen LogP contribution in [0.2, 0.25) is 0 Å².